The third kappa shape index (κ3) is 9.61. The molecule has 2 aromatic heterocycles. The van der Waals surface area contributed by atoms with Crippen molar-refractivity contribution in [1.29, 1.82) is 0 Å². The standard InChI is InChI=1S/C48H48N8O6/c57-45(34-19-20-34)53-41(32-12-3-1-4-13-32)47(59)55-25-9-17-38(55)43-49-27-36(51-43)16-8-7-11-31-29-61-40(62-30-31)24-23-37-28-50-44(52-37)39-18-10-26-56(39)48(60)42(33-14-5-2-6-15-33)54-46(58)35-21-22-35/h1-6,12-15,27-28,31,34-35,38-42H,9-10,17-22,25-26,29-30H2,(H,49,51)(H,50,52)(H,53,57)(H,54,58)/t31?,38-,39-,40?,41-,42-/m0/s1. The van der Waals surface area contributed by atoms with E-state index in [2.05, 4.69) is 66.1 Å². The van der Waals surface area contributed by atoms with E-state index in [0.29, 0.717) is 49.3 Å². The molecule has 3 aliphatic heterocycles. The van der Waals surface area contributed by atoms with Gasteiger partial charge in [0.15, 0.2) is 0 Å². The van der Waals surface area contributed by atoms with Crippen LogP contribution >= 0.6 is 0 Å². The molecule has 4 amide bonds. The fourth-order valence-corrected chi connectivity index (χ4v) is 8.22. The Hall–Kier alpha value is -6.66. The normalized spacial score (nSPS) is 22.8. The molecule has 62 heavy (non-hydrogen) atoms. The van der Waals surface area contributed by atoms with Crippen molar-refractivity contribution in [3.63, 3.8) is 0 Å². The van der Waals surface area contributed by atoms with Gasteiger partial charge >= 0.3 is 0 Å². The van der Waals surface area contributed by atoms with Gasteiger partial charge < -0.3 is 39.9 Å². The number of carbonyl (C=O) groups is 4. The summed E-state index contributed by atoms with van der Waals surface area (Å²) >= 11 is 0. The molecule has 4 atom stereocenters. The van der Waals surface area contributed by atoms with Gasteiger partial charge in [-0.1, -0.05) is 66.6 Å². The first-order valence-corrected chi connectivity index (χ1v) is 21.6. The molecule has 4 aromatic rings. The number of carbonyl (C=O) groups excluding carboxylic acids is 4. The summed E-state index contributed by atoms with van der Waals surface area (Å²) in [7, 11) is 0. The van der Waals surface area contributed by atoms with Crippen LogP contribution in [0, 0.1) is 53.3 Å². The number of hydrogen-bond acceptors (Lipinski definition) is 8. The van der Waals surface area contributed by atoms with Gasteiger partial charge in [-0.15, -0.1) is 0 Å². The van der Waals surface area contributed by atoms with Crippen molar-refractivity contribution in [1.82, 2.24) is 40.4 Å². The zero-order valence-electron chi connectivity index (χ0n) is 34.3. The zero-order chi connectivity index (χ0) is 42.4. The molecule has 316 valence electrons. The van der Waals surface area contributed by atoms with Crippen LogP contribution in [0.5, 0.6) is 0 Å². The molecular formula is C48H48N8O6. The number of nitrogens with zero attached hydrogens (tertiary/aromatic N) is 4. The third-order valence-corrected chi connectivity index (χ3v) is 11.9. The topological polar surface area (TPSA) is 175 Å². The Kier molecular flexibility index (Phi) is 12.2. The van der Waals surface area contributed by atoms with Crippen LogP contribution in [-0.4, -0.2) is 86.0 Å². The predicted octanol–water partition coefficient (Wildman–Crippen LogP) is 4.39. The number of imidazole rings is 2. The highest BCUT2D eigenvalue weighted by Gasteiger charge is 2.40. The maximum Gasteiger partial charge on any atom is 0.250 e. The van der Waals surface area contributed by atoms with E-state index in [9.17, 15) is 19.2 Å². The minimum atomic E-state index is -0.758. The lowest BCUT2D eigenvalue weighted by atomic mass is 10.0. The molecule has 0 spiro atoms. The van der Waals surface area contributed by atoms with E-state index in [1.54, 1.807) is 12.4 Å². The molecule has 4 N–H and O–H groups in total. The van der Waals surface area contributed by atoms with E-state index in [1.807, 2.05) is 70.5 Å². The molecule has 0 unspecified atom stereocenters. The quantitative estimate of drug-likeness (QED) is 0.170. The van der Waals surface area contributed by atoms with Gasteiger partial charge in [-0.05, 0) is 92.1 Å². The van der Waals surface area contributed by atoms with E-state index in [0.717, 1.165) is 62.5 Å². The minimum Gasteiger partial charge on any atom is -0.341 e. The smallest absolute Gasteiger partial charge is 0.250 e. The lowest BCUT2D eigenvalue weighted by Crippen LogP contribution is -2.43. The van der Waals surface area contributed by atoms with Crippen molar-refractivity contribution >= 4 is 23.6 Å². The van der Waals surface area contributed by atoms with E-state index in [4.69, 9.17) is 9.47 Å². The summed E-state index contributed by atoms with van der Waals surface area (Å²) in [5, 5.41) is 6.02. The SMILES string of the molecule is O=C(N[C@H](C(=O)N1CCC[C@H]1c1ncc(C#CC#CC2COC(C#Cc3cnc([C@@H]4CCCN4C(=O)[C@@H](NC(=O)C4CC4)c4ccccc4)[nH]3)OC2)[nH]1)c1ccccc1)C1CC1. The number of aromatic amines is 2. The minimum absolute atomic E-state index is 0.0128. The van der Waals surface area contributed by atoms with Crippen LogP contribution in [0.25, 0.3) is 0 Å². The molecule has 2 aromatic carbocycles. The Labute approximate surface area is 360 Å². The fraction of sp³-hybridized carbons (Fsp3) is 0.417. The van der Waals surface area contributed by atoms with Crippen LogP contribution in [0.3, 0.4) is 0 Å². The number of amides is 4. The highest BCUT2D eigenvalue weighted by molar-refractivity contribution is 5.91. The van der Waals surface area contributed by atoms with Crippen molar-refractivity contribution < 1.29 is 28.7 Å². The highest BCUT2D eigenvalue weighted by Crippen LogP contribution is 2.36. The number of rotatable bonds is 10. The number of ether oxygens (including phenoxy) is 2. The van der Waals surface area contributed by atoms with Gasteiger partial charge in [0.25, 0.3) is 0 Å². The van der Waals surface area contributed by atoms with Gasteiger partial charge in [-0.25, -0.2) is 9.97 Å². The van der Waals surface area contributed by atoms with Gasteiger partial charge in [-0.3, -0.25) is 19.2 Å². The Morgan fingerprint density at radius 1 is 0.629 bits per heavy atom. The summed E-state index contributed by atoms with van der Waals surface area (Å²) in [4.78, 5) is 72.7. The molecule has 0 radical (unpaired) electrons. The number of aromatic nitrogens is 4. The van der Waals surface area contributed by atoms with E-state index >= 15 is 0 Å². The molecule has 5 heterocycles. The number of H-pyrrole nitrogens is 2. The molecular weight excluding hydrogens is 785 g/mol. The van der Waals surface area contributed by atoms with Crippen LogP contribution in [0.15, 0.2) is 73.1 Å². The van der Waals surface area contributed by atoms with Crippen LogP contribution in [0.2, 0.25) is 0 Å². The average Bonchev–Trinajstić information content (AvgIpc) is 4.08. The Morgan fingerprint density at radius 3 is 1.60 bits per heavy atom. The molecule has 2 aliphatic carbocycles. The maximum absolute atomic E-state index is 14.0. The highest BCUT2D eigenvalue weighted by atomic mass is 16.7. The summed E-state index contributed by atoms with van der Waals surface area (Å²) in [6.45, 7) is 1.79. The summed E-state index contributed by atoms with van der Waals surface area (Å²) < 4.78 is 11.7. The van der Waals surface area contributed by atoms with Crippen molar-refractivity contribution in [3.05, 3.63) is 107 Å². The first-order valence-electron chi connectivity index (χ1n) is 21.6. The molecule has 2 saturated carbocycles. The van der Waals surface area contributed by atoms with Gasteiger partial charge in [0.2, 0.25) is 29.9 Å². The molecule has 14 heteroatoms. The summed E-state index contributed by atoms with van der Waals surface area (Å²) in [6, 6.07) is 16.7. The van der Waals surface area contributed by atoms with Crippen LogP contribution in [0.1, 0.15) is 110 Å². The second-order valence-corrected chi connectivity index (χ2v) is 16.5. The van der Waals surface area contributed by atoms with Crippen LogP contribution in [0.4, 0.5) is 0 Å². The summed E-state index contributed by atoms with van der Waals surface area (Å²) in [6.07, 6.45) is 9.13. The van der Waals surface area contributed by atoms with Crippen LogP contribution in [-0.2, 0) is 28.7 Å². The Balaban J connectivity index is 0.766. The molecule has 5 fully saturated rings. The Morgan fingerprint density at radius 2 is 1.11 bits per heavy atom. The average molecular weight is 833 g/mol. The molecule has 5 aliphatic rings. The van der Waals surface area contributed by atoms with E-state index < -0.39 is 18.4 Å². The fourth-order valence-electron chi connectivity index (χ4n) is 8.22. The number of benzene rings is 2. The molecule has 0 bridgehead atoms. The van der Waals surface area contributed by atoms with Gasteiger partial charge in [0.1, 0.15) is 35.1 Å². The van der Waals surface area contributed by atoms with E-state index in [-0.39, 0.29) is 53.5 Å². The number of nitrogens with one attached hydrogen (secondary N) is 4. The summed E-state index contributed by atoms with van der Waals surface area (Å²) in [5.74, 6) is 18.6. The van der Waals surface area contributed by atoms with Crippen molar-refractivity contribution in [3.8, 4) is 35.5 Å². The molecule has 9 rings (SSSR count). The van der Waals surface area contributed by atoms with Crippen molar-refractivity contribution in [2.75, 3.05) is 26.3 Å². The molecule has 3 saturated heterocycles. The Bertz CT molecular complexity index is 2470. The first-order chi connectivity index (χ1) is 30.4. The number of likely N-dealkylation sites (tertiary alicyclic amines) is 2. The largest absolute Gasteiger partial charge is 0.341 e. The predicted molar refractivity (Wildman–Crippen MR) is 225 cm³/mol. The summed E-state index contributed by atoms with van der Waals surface area (Å²) in [5.41, 5.74) is 2.68. The maximum atomic E-state index is 14.0. The first kappa shape index (κ1) is 40.7. The lowest BCUT2D eigenvalue weighted by molar-refractivity contribution is -0.158. The van der Waals surface area contributed by atoms with Gasteiger partial charge in [0, 0.05) is 24.9 Å². The van der Waals surface area contributed by atoms with Crippen molar-refractivity contribution in [2.24, 2.45) is 17.8 Å². The van der Waals surface area contributed by atoms with Gasteiger partial charge in [-0.2, -0.15) is 0 Å². The number of hydrogen-bond donors (Lipinski definition) is 4. The van der Waals surface area contributed by atoms with Crippen LogP contribution < -0.4 is 10.6 Å². The van der Waals surface area contributed by atoms with Crippen molar-refractivity contribution in [2.45, 2.75) is 81.8 Å². The molecule has 14 nitrogen and oxygen atoms in total. The zero-order valence-corrected chi connectivity index (χ0v) is 34.3. The second kappa shape index (κ2) is 18.5. The monoisotopic (exact) mass is 832 g/mol. The second-order valence-electron chi connectivity index (χ2n) is 16.5. The van der Waals surface area contributed by atoms with E-state index in [1.165, 1.54) is 0 Å². The lowest BCUT2D eigenvalue weighted by Gasteiger charge is -2.28. The van der Waals surface area contributed by atoms with Gasteiger partial charge in [0.05, 0.1) is 43.6 Å². The third-order valence-electron chi connectivity index (χ3n) is 11.9.